The molecule has 0 aliphatic carbocycles. The minimum Gasteiger partial charge on any atom is -0.423 e. The molecule has 0 amide bonds. The van der Waals surface area contributed by atoms with Crippen LogP contribution < -0.4 is 4.74 Å². The summed E-state index contributed by atoms with van der Waals surface area (Å²) < 4.78 is 4.94. The van der Waals surface area contributed by atoms with Crippen molar-refractivity contribution in [3.63, 3.8) is 0 Å². The molecule has 18 heavy (non-hydrogen) atoms. The van der Waals surface area contributed by atoms with Crippen molar-refractivity contribution in [1.29, 1.82) is 0 Å². The smallest absolute Gasteiger partial charge is 0.338 e. The van der Waals surface area contributed by atoms with Crippen molar-refractivity contribution in [1.82, 2.24) is 0 Å². The van der Waals surface area contributed by atoms with E-state index in [1.54, 1.807) is 31.2 Å². The van der Waals surface area contributed by atoms with E-state index < -0.39 is 0 Å². The fraction of sp³-hybridized carbons (Fsp3) is 0.438. The zero-order chi connectivity index (χ0) is 14.0. The van der Waals surface area contributed by atoms with Crippen molar-refractivity contribution in [2.24, 2.45) is 5.92 Å². The number of carbonyl (C=O) groups excluding carboxylic acids is 1. The molecule has 1 aromatic carbocycles. The summed E-state index contributed by atoms with van der Waals surface area (Å²) in [6.45, 7) is 11.8. The maximum Gasteiger partial charge on any atom is 0.338 e. The van der Waals surface area contributed by atoms with Gasteiger partial charge in [0.05, 0.1) is 0 Å². The average molecular weight is 248 g/mol. The SMILES string of the molecule is C=C(C)C(=O)Oc1ccccc1.CCCC(C)C. The van der Waals surface area contributed by atoms with Gasteiger partial charge in [-0.15, -0.1) is 0 Å². The molecule has 0 bridgehead atoms. The van der Waals surface area contributed by atoms with Crippen LogP contribution in [-0.4, -0.2) is 5.97 Å². The lowest BCUT2D eigenvalue weighted by Gasteiger charge is -2.01. The first-order valence-electron chi connectivity index (χ1n) is 6.40. The van der Waals surface area contributed by atoms with Gasteiger partial charge in [0.15, 0.2) is 0 Å². The summed E-state index contributed by atoms with van der Waals surface area (Å²) in [5, 5.41) is 0. The second-order valence-electron chi connectivity index (χ2n) is 4.67. The Balaban J connectivity index is 0.000000411. The molecule has 0 aliphatic heterocycles. The number of rotatable bonds is 4. The van der Waals surface area contributed by atoms with E-state index in [9.17, 15) is 4.79 Å². The van der Waals surface area contributed by atoms with Gasteiger partial charge in [-0.2, -0.15) is 0 Å². The molecule has 0 saturated carbocycles. The van der Waals surface area contributed by atoms with E-state index in [0.29, 0.717) is 11.3 Å². The Labute approximate surface area is 111 Å². The van der Waals surface area contributed by atoms with Crippen LogP contribution in [0.15, 0.2) is 42.5 Å². The van der Waals surface area contributed by atoms with Gasteiger partial charge in [0.25, 0.3) is 0 Å². The van der Waals surface area contributed by atoms with Crippen LogP contribution in [-0.2, 0) is 4.79 Å². The third-order valence-corrected chi connectivity index (χ3v) is 2.17. The predicted molar refractivity (Wildman–Crippen MR) is 76.6 cm³/mol. The van der Waals surface area contributed by atoms with Crippen molar-refractivity contribution in [2.45, 2.75) is 40.5 Å². The van der Waals surface area contributed by atoms with Gasteiger partial charge in [0.2, 0.25) is 0 Å². The summed E-state index contributed by atoms with van der Waals surface area (Å²) in [4.78, 5) is 11.0. The van der Waals surface area contributed by atoms with Crippen LogP contribution in [0.5, 0.6) is 5.75 Å². The van der Waals surface area contributed by atoms with Crippen LogP contribution in [0, 0.1) is 5.92 Å². The van der Waals surface area contributed by atoms with Crippen LogP contribution >= 0.6 is 0 Å². The van der Waals surface area contributed by atoms with Crippen molar-refractivity contribution < 1.29 is 9.53 Å². The molecule has 0 atom stereocenters. The Hall–Kier alpha value is -1.57. The molecule has 1 aromatic rings. The first kappa shape index (κ1) is 16.4. The Morgan fingerprint density at radius 1 is 1.28 bits per heavy atom. The molecule has 0 N–H and O–H groups in total. The molecular formula is C16H24O2. The summed E-state index contributed by atoms with van der Waals surface area (Å²) in [7, 11) is 0. The van der Waals surface area contributed by atoms with Crippen molar-refractivity contribution in [2.75, 3.05) is 0 Å². The maximum absolute atomic E-state index is 11.0. The lowest BCUT2D eigenvalue weighted by molar-refractivity contribution is -0.130. The Morgan fingerprint density at radius 3 is 2.17 bits per heavy atom. The van der Waals surface area contributed by atoms with Gasteiger partial charge < -0.3 is 4.74 Å². The highest BCUT2D eigenvalue weighted by Crippen LogP contribution is 2.09. The second-order valence-corrected chi connectivity index (χ2v) is 4.67. The predicted octanol–water partition coefficient (Wildman–Crippen LogP) is 4.61. The highest BCUT2D eigenvalue weighted by molar-refractivity contribution is 5.88. The largest absolute Gasteiger partial charge is 0.423 e. The minimum absolute atomic E-state index is 0.388. The van der Waals surface area contributed by atoms with Crippen LogP contribution in [0.2, 0.25) is 0 Å². The fourth-order valence-electron chi connectivity index (χ4n) is 1.26. The van der Waals surface area contributed by atoms with Crippen LogP contribution in [0.1, 0.15) is 40.5 Å². The molecule has 2 nitrogen and oxygen atoms in total. The zero-order valence-corrected chi connectivity index (χ0v) is 11.9. The van der Waals surface area contributed by atoms with E-state index in [0.717, 1.165) is 5.92 Å². The number of ether oxygens (including phenoxy) is 1. The number of carbonyl (C=O) groups is 1. The van der Waals surface area contributed by atoms with E-state index in [2.05, 4.69) is 27.4 Å². The van der Waals surface area contributed by atoms with Gasteiger partial charge in [-0.1, -0.05) is 58.4 Å². The summed E-state index contributed by atoms with van der Waals surface area (Å²) in [6.07, 6.45) is 2.71. The van der Waals surface area contributed by atoms with Gasteiger partial charge in [0.1, 0.15) is 5.75 Å². The summed E-state index contributed by atoms with van der Waals surface area (Å²) in [5.74, 6) is 1.06. The fourth-order valence-corrected chi connectivity index (χ4v) is 1.26. The molecule has 0 aliphatic rings. The van der Waals surface area contributed by atoms with E-state index >= 15 is 0 Å². The Morgan fingerprint density at radius 2 is 1.83 bits per heavy atom. The molecule has 0 spiro atoms. The lowest BCUT2D eigenvalue weighted by Crippen LogP contribution is -2.07. The quantitative estimate of drug-likeness (QED) is 0.442. The summed E-state index contributed by atoms with van der Waals surface area (Å²) in [5.41, 5.74) is 0.402. The molecule has 0 heterocycles. The van der Waals surface area contributed by atoms with Crippen LogP contribution in [0.4, 0.5) is 0 Å². The van der Waals surface area contributed by atoms with Gasteiger partial charge in [0, 0.05) is 5.57 Å². The number of hydrogen-bond donors (Lipinski definition) is 0. The Kier molecular flexibility index (Phi) is 8.63. The second kappa shape index (κ2) is 9.46. The third-order valence-electron chi connectivity index (χ3n) is 2.17. The van der Waals surface area contributed by atoms with Crippen molar-refractivity contribution in [3.8, 4) is 5.75 Å². The normalized spacial score (nSPS) is 9.39. The zero-order valence-electron chi connectivity index (χ0n) is 11.9. The highest BCUT2D eigenvalue weighted by atomic mass is 16.5. The Bertz CT molecular complexity index is 353. The molecule has 0 saturated heterocycles. The van der Waals surface area contributed by atoms with E-state index in [1.807, 2.05) is 6.07 Å². The van der Waals surface area contributed by atoms with E-state index in [1.165, 1.54) is 12.8 Å². The minimum atomic E-state index is -0.388. The summed E-state index contributed by atoms with van der Waals surface area (Å²) in [6, 6.07) is 8.92. The topological polar surface area (TPSA) is 26.3 Å². The van der Waals surface area contributed by atoms with Gasteiger partial charge in [-0.3, -0.25) is 0 Å². The lowest BCUT2D eigenvalue weighted by atomic mass is 10.1. The monoisotopic (exact) mass is 248 g/mol. The number of para-hydroxylation sites is 1. The number of benzene rings is 1. The van der Waals surface area contributed by atoms with Crippen LogP contribution in [0.25, 0.3) is 0 Å². The summed E-state index contributed by atoms with van der Waals surface area (Å²) >= 11 is 0. The molecule has 0 radical (unpaired) electrons. The first-order valence-corrected chi connectivity index (χ1v) is 6.40. The maximum atomic E-state index is 11.0. The third kappa shape index (κ3) is 8.57. The highest BCUT2D eigenvalue weighted by Gasteiger charge is 2.03. The van der Waals surface area contributed by atoms with E-state index in [4.69, 9.17) is 4.74 Å². The molecule has 1 rings (SSSR count). The number of hydrogen-bond acceptors (Lipinski definition) is 2. The molecular weight excluding hydrogens is 224 g/mol. The first-order chi connectivity index (χ1) is 8.47. The standard InChI is InChI=1S/C10H10O2.C6H14/c1-8(2)10(11)12-9-6-4-3-5-7-9;1-4-5-6(2)3/h3-7H,1H2,2H3;6H,4-5H2,1-3H3. The van der Waals surface area contributed by atoms with Crippen molar-refractivity contribution >= 4 is 5.97 Å². The van der Waals surface area contributed by atoms with Gasteiger partial charge in [-0.05, 0) is 25.0 Å². The average Bonchev–Trinajstić information content (AvgIpc) is 2.30. The van der Waals surface area contributed by atoms with E-state index in [-0.39, 0.29) is 5.97 Å². The van der Waals surface area contributed by atoms with Gasteiger partial charge in [-0.25, -0.2) is 4.79 Å². The molecule has 100 valence electrons. The molecule has 0 aromatic heterocycles. The van der Waals surface area contributed by atoms with Gasteiger partial charge >= 0.3 is 5.97 Å². The molecule has 0 fully saturated rings. The van der Waals surface area contributed by atoms with Crippen molar-refractivity contribution in [3.05, 3.63) is 42.5 Å². The molecule has 2 heteroatoms. The number of esters is 1. The van der Waals surface area contributed by atoms with Crippen LogP contribution in [0.3, 0.4) is 0 Å². The molecule has 0 unspecified atom stereocenters.